The normalized spacial score (nSPS) is 21.0. The van der Waals surface area contributed by atoms with Crippen molar-refractivity contribution in [3.8, 4) is 0 Å². The Morgan fingerprint density at radius 3 is 2.48 bits per heavy atom. The first-order chi connectivity index (χ1) is 10.1. The molecule has 2 aromatic rings. The Kier molecular flexibility index (Phi) is 3.62. The first-order valence-electron chi connectivity index (χ1n) is 6.68. The Hall–Kier alpha value is -1.97. The fourth-order valence-electron chi connectivity index (χ4n) is 2.71. The number of aliphatic hydroxyl groups is 1. The van der Waals surface area contributed by atoms with E-state index in [1.54, 1.807) is 48.5 Å². The molecule has 3 nitrogen and oxygen atoms in total. The van der Waals surface area contributed by atoms with Crippen molar-refractivity contribution in [2.45, 2.75) is 12.5 Å². The van der Waals surface area contributed by atoms with Crippen LogP contribution in [0.3, 0.4) is 0 Å². The number of fused-ring (bicyclic) bond motifs is 1. The lowest BCUT2D eigenvalue weighted by Gasteiger charge is -2.28. The van der Waals surface area contributed by atoms with Gasteiger partial charge in [0, 0.05) is 22.6 Å². The Morgan fingerprint density at radius 1 is 1.10 bits per heavy atom. The third-order valence-corrected chi connectivity index (χ3v) is 4.08. The summed E-state index contributed by atoms with van der Waals surface area (Å²) in [6.07, 6.45) is -0.929. The second kappa shape index (κ2) is 5.43. The molecule has 1 N–H and O–H groups in total. The molecule has 106 valence electrons. The molecule has 0 radical (unpaired) electrons. The van der Waals surface area contributed by atoms with Crippen molar-refractivity contribution >= 4 is 23.2 Å². The third-order valence-electron chi connectivity index (χ3n) is 3.83. The molecule has 0 fully saturated rings. The van der Waals surface area contributed by atoms with Crippen molar-refractivity contribution in [1.82, 2.24) is 0 Å². The molecule has 4 heteroatoms. The van der Waals surface area contributed by atoms with E-state index in [0.29, 0.717) is 21.7 Å². The monoisotopic (exact) mass is 300 g/mol. The number of aliphatic hydroxyl groups excluding tert-OH is 1. The second-order valence-corrected chi connectivity index (χ2v) is 5.57. The topological polar surface area (TPSA) is 54.4 Å². The molecule has 1 aliphatic rings. The van der Waals surface area contributed by atoms with E-state index in [0.717, 1.165) is 0 Å². The summed E-state index contributed by atoms with van der Waals surface area (Å²) >= 11 is 5.81. The van der Waals surface area contributed by atoms with Crippen LogP contribution < -0.4 is 0 Å². The molecule has 0 aliphatic heterocycles. The maximum absolute atomic E-state index is 12.5. The lowest BCUT2D eigenvalue weighted by Crippen LogP contribution is -2.31. The van der Waals surface area contributed by atoms with E-state index < -0.39 is 12.0 Å². The van der Waals surface area contributed by atoms with E-state index >= 15 is 0 Å². The summed E-state index contributed by atoms with van der Waals surface area (Å²) in [6, 6.07) is 13.4. The first kappa shape index (κ1) is 14.0. The van der Waals surface area contributed by atoms with Gasteiger partial charge in [-0.2, -0.15) is 0 Å². The minimum Gasteiger partial charge on any atom is -0.388 e. The van der Waals surface area contributed by atoms with E-state index in [2.05, 4.69) is 0 Å². The summed E-state index contributed by atoms with van der Waals surface area (Å²) in [5, 5.41) is 11.0. The number of hydrogen-bond acceptors (Lipinski definition) is 3. The number of hydrogen-bond donors (Lipinski definition) is 1. The highest BCUT2D eigenvalue weighted by Gasteiger charge is 2.37. The van der Waals surface area contributed by atoms with Crippen LogP contribution in [0, 0.1) is 5.92 Å². The van der Waals surface area contributed by atoms with Gasteiger partial charge in [0.2, 0.25) is 0 Å². The number of Topliss-reactive ketones (excluding diaryl/α,β-unsaturated/α-hetero) is 2. The lowest BCUT2D eigenvalue weighted by atomic mass is 9.77. The van der Waals surface area contributed by atoms with E-state index in [4.69, 9.17) is 11.6 Å². The number of benzene rings is 2. The van der Waals surface area contributed by atoms with E-state index in [1.165, 1.54) is 0 Å². The van der Waals surface area contributed by atoms with Crippen molar-refractivity contribution in [2.75, 3.05) is 0 Å². The average Bonchev–Trinajstić information content (AvgIpc) is 2.51. The zero-order valence-corrected chi connectivity index (χ0v) is 11.9. The van der Waals surface area contributed by atoms with Crippen LogP contribution in [0.5, 0.6) is 0 Å². The van der Waals surface area contributed by atoms with Gasteiger partial charge < -0.3 is 5.11 Å². The molecule has 0 bridgehead atoms. The molecule has 1 aliphatic carbocycles. The van der Waals surface area contributed by atoms with Gasteiger partial charge in [0.1, 0.15) is 0 Å². The molecule has 21 heavy (non-hydrogen) atoms. The zero-order chi connectivity index (χ0) is 15.0. The van der Waals surface area contributed by atoms with Crippen LogP contribution in [-0.2, 0) is 0 Å². The van der Waals surface area contributed by atoms with Crippen molar-refractivity contribution in [3.05, 3.63) is 70.2 Å². The quantitative estimate of drug-likeness (QED) is 0.864. The summed E-state index contributed by atoms with van der Waals surface area (Å²) in [6.45, 7) is 0. The highest BCUT2D eigenvalue weighted by atomic mass is 35.5. The standard InChI is InChI=1S/C17H13ClO3/c18-11-7-5-10(6-8-11)16(20)14-9-15(19)12-3-1-2-4-13(12)17(14)21/h1-8,14,17,21H,9H2/t14-,17+/m1/s1. The van der Waals surface area contributed by atoms with E-state index in [9.17, 15) is 14.7 Å². The molecule has 0 heterocycles. The summed E-state index contributed by atoms with van der Waals surface area (Å²) < 4.78 is 0. The van der Waals surface area contributed by atoms with Crippen molar-refractivity contribution in [2.24, 2.45) is 5.92 Å². The van der Waals surface area contributed by atoms with Crippen LogP contribution >= 0.6 is 11.6 Å². The number of carbonyl (C=O) groups excluding carboxylic acids is 2. The second-order valence-electron chi connectivity index (χ2n) is 5.14. The van der Waals surface area contributed by atoms with Gasteiger partial charge >= 0.3 is 0 Å². The highest BCUT2D eigenvalue weighted by molar-refractivity contribution is 6.30. The molecule has 3 rings (SSSR count). The van der Waals surface area contributed by atoms with E-state index in [1.807, 2.05) is 0 Å². The van der Waals surface area contributed by atoms with Gasteiger partial charge in [-0.25, -0.2) is 0 Å². The third kappa shape index (κ3) is 2.50. The predicted molar refractivity (Wildman–Crippen MR) is 79.6 cm³/mol. The molecule has 0 unspecified atom stereocenters. The highest BCUT2D eigenvalue weighted by Crippen LogP contribution is 2.36. The van der Waals surface area contributed by atoms with Gasteiger partial charge in [0.15, 0.2) is 11.6 Å². The van der Waals surface area contributed by atoms with Gasteiger partial charge in [-0.15, -0.1) is 0 Å². The van der Waals surface area contributed by atoms with Gasteiger partial charge in [-0.1, -0.05) is 35.9 Å². The number of halogens is 1. The molecular weight excluding hydrogens is 288 g/mol. The van der Waals surface area contributed by atoms with Gasteiger partial charge in [0.25, 0.3) is 0 Å². The SMILES string of the molecule is O=C1C[C@H](C(=O)c2ccc(Cl)cc2)[C@@H](O)c2ccccc21. The minimum atomic E-state index is -0.956. The van der Waals surface area contributed by atoms with Crippen LogP contribution in [0.2, 0.25) is 5.02 Å². The Balaban J connectivity index is 1.95. The van der Waals surface area contributed by atoms with Gasteiger partial charge in [0.05, 0.1) is 12.0 Å². The molecular formula is C17H13ClO3. The smallest absolute Gasteiger partial charge is 0.169 e. The summed E-state index contributed by atoms with van der Waals surface area (Å²) in [5.41, 5.74) is 1.49. The summed E-state index contributed by atoms with van der Waals surface area (Å²) in [4.78, 5) is 24.7. The summed E-state index contributed by atoms with van der Waals surface area (Å²) in [5.74, 6) is -1.08. The zero-order valence-electron chi connectivity index (χ0n) is 11.1. The average molecular weight is 301 g/mol. The van der Waals surface area contributed by atoms with Crippen molar-refractivity contribution in [3.63, 3.8) is 0 Å². The molecule has 0 saturated carbocycles. The van der Waals surface area contributed by atoms with Gasteiger partial charge in [-0.05, 0) is 29.8 Å². The molecule has 0 aromatic heterocycles. The lowest BCUT2D eigenvalue weighted by molar-refractivity contribution is 0.0567. The summed E-state index contributed by atoms with van der Waals surface area (Å²) in [7, 11) is 0. The van der Waals surface area contributed by atoms with Crippen LogP contribution in [0.1, 0.15) is 38.8 Å². The Labute approximate surface area is 127 Å². The van der Waals surface area contributed by atoms with E-state index in [-0.39, 0.29) is 18.0 Å². The Morgan fingerprint density at radius 2 is 1.76 bits per heavy atom. The van der Waals surface area contributed by atoms with Crippen molar-refractivity contribution in [1.29, 1.82) is 0 Å². The van der Waals surface area contributed by atoms with Crippen LogP contribution in [-0.4, -0.2) is 16.7 Å². The van der Waals surface area contributed by atoms with Crippen LogP contribution in [0.4, 0.5) is 0 Å². The maximum atomic E-state index is 12.5. The van der Waals surface area contributed by atoms with Crippen LogP contribution in [0.15, 0.2) is 48.5 Å². The Bertz CT molecular complexity index is 706. The number of carbonyl (C=O) groups is 2. The molecule has 0 amide bonds. The molecule has 0 saturated heterocycles. The molecule has 2 atom stereocenters. The fourth-order valence-corrected chi connectivity index (χ4v) is 2.84. The fraction of sp³-hybridized carbons (Fsp3) is 0.176. The largest absolute Gasteiger partial charge is 0.388 e. The van der Waals surface area contributed by atoms with Gasteiger partial charge in [-0.3, -0.25) is 9.59 Å². The predicted octanol–water partition coefficient (Wildman–Crippen LogP) is 3.46. The minimum absolute atomic E-state index is 0.0274. The molecule has 2 aromatic carbocycles. The number of ketones is 2. The first-order valence-corrected chi connectivity index (χ1v) is 7.05. The maximum Gasteiger partial charge on any atom is 0.169 e. The van der Waals surface area contributed by atoms with Crippen molar-refractivity contribution < 1.29 is 14.7 Å². The number of rotatable bonds is 2. The molecule has 0 spiro atoms. The van der Waals surface area contributed by atoms with Crippen LogP contribution in [0.25, 0.3) is 0 Å².